The van der Waals surface area contributed by atoms with Crippen molar-refractivity contribution in [3.8, 4) is 21.0 Å². The van der Waals surface area contributed by atoms with E-state index >= 15 is 0 Å². The monoisotopic (exact) mass is 454 g/mol. The van der Waals surface area contributed by atoms with Crippen LogP contribution in [0.5, 0.6) is 0 Å². The SMILES string of the molecule is NC(=O)c1nc(-c2cn[nH]c2)sc1-c1ccc(N2CCOCC2)cc1N1CCC(O)CC1. The van der Waals surface area contributed by atoms with Gasteiger partial charge in [-0.1, -0.05) is 0 Å². The van der Waals surface area contributed by atoms with Crippen LogP contribution in [-0.4, -0.2) is 71.7 Å². The number of nitrogens with zero attached hydrogens (tertiary/aromatic N) is 4. The highest BCUT2D eigenvalue weighted by atomic mass is 32.1. The zero-order valence-corrected chi connectivity index (χ0v) is 18.5. The predicted molar refractivity (Wildman–Crippen MR) is 124 cm³/mol. The van der Waals surface area contributed by atoms with Gasteiger partial charge in [0.1, 0.15) is 10.7 Å². The number of nitrogens with two attached hydrogens (primary N) is 1. The van der Waals surface area contributed by atoms with Crippen LogP contribution in [-0.2, 0) is 4.74 Å². The van der Waals surface area contributed by atoms with E-state index in [1.54, 1.807) is 12.4 Å². The number of aromatic nitrogens is 3. The molecular formula is C22H26N6O3S. The van der Waals surface area contributed by atoms with Crippen molar-refractivity contribution in [3.63, 3.8) is 0 Å². The molecule has 0 aliphatic carbocycles. The highest BCUT2D eigenvalue weighted by Crippen LogP contribution is 2.42. The fourth-order valence-electron chi connectivity index (χ4n) is 4.26. The minimum Gasteiger partial charge on any atom is -0.393 e. The van der Waals surface area contributed by atoms with Gasteiger partial charge in [0.2, 0.25) is 0 Å². The minimum atomic E-state index is -0.553. The molecule has 0 spiro atoms. The van der Waals surface area contributed by atoms with Crippen LogP contribution >= 0.6 is 11.3 Å². The molecular weight excluding hydrogens is 428 g/mol. The van der Waals surface area contributed by atoms with E-state index in [2.05, 4.69) is 43.2 Å². The van der Waals surface area contributed by atoms with Gasteiger partial charge in [0.15, 0.2) is 0 Å². The van der Waals surface area contributed by atoms with Gasteiger partial charge in [-0.2, -0.15) is 5.10 Å². The van der Waals surface area contributed by atoms with Crippen LogP contribution in [0.3, 0.4) is 0 Å². The molecule has 1 amide bonds. The van der Waals surface area contributed by atoms with Gasteiger partial charge >= 0.3 is 0 Å². The summed E-state index contributed by atoms with van der Waals surface area (Å²) in [6.45, 7) is 4.61. The lowest BCUT2D eigenvalue weighted by molar-refractivity contribution is 0.0997. The summed E-state index contributed by atoms with van der Waals surface area (Å²) in [4.78, 5) is 22.2. The third-order valence-electron chi connectivity index (χ3n) is 6.01. The summed E-state index contributed by atoms with van der Waals surface area (Å²) in [6.07, 6.45) is 4.60. The Morgan fingerprint density at radius 2 is 1.97 bits per heavy atom. The van der Waals surface area contributed by atoms with E-state index in [9.17, 15) is 9.90 Å². The smallest absolute Gasteiger partial charge is 0.268 e. The molecule has 0 radical (unpaired) electrons. The molecule has 10 heteroatoms. The second-order valence-electron chi connectivity index (χ2n) is 8.07. The van der Waals surface area contributed by atoms with Crippen molar-refractivity contribution in [1.82, 2.24) is 15.2 Å². The molecule has 2 fully saturated rings. The number of rotatable bonds is 5. The van der Waals surface area contributed by atoms with Gasteiger partial charge in [0, 0.05) is 54.9 Å². The van der Waals surface area contributed by atoms with E-state index in [0.717, 1.165) is 53.6 Å². The Kier molecular flexibility index (Phi) is 5.81. The molecule has 0 atom stereocenters. The van der Waals surface area contributed by atoms with Gasteiger partial charge < -0.3 is 25.4 Å². The maximum atomic E-state index is 12.3. The molecule has 9 nitrogen and oxygen atoms in total. The average Bonchev–Trinajstić information content (AvgIpc) is 3.50. The molecule has 0 bridgehead atoms. The fourth-order valence-corrected chi connectivity index (χ4v) is 5.34. The lowest BCUT2D eigenvalue weighted by Gasteiger charge is -2.35. The van der Waals surface area contributed by atoms with Crippen molar-refractivity contribution >= 4 is 28.6 Å². The first kappa shape index (κ1) is 20.9. The molecule has 2 aliphatic heterocycles. The van der Waals surface area contributed by atoms with Crippen molar-refractivity contribution in [3.05, 3.63) is 36.3 Å². The lowest BCUT2D eigenvalue weighted by Crippen LogP contribution is -2.37. The molecule has 4 N–H and O–H groups in total. The number of thiazole rings is 1. The van der Waals surface area contributed by atoms with Crippen LogP contribution in [0.1, 0.15) is 23.3 Å². The Hall–Kier alpha value is -2.95. The number of aromatic amines is 1. The third kappa shape index (κ3) is 4.08. The molecule has 32 heavy (non-hydrogen) atoms. The number of anilines is 2. The first-order chi connectivity index (χ1) is 15.6. The summed E-state index contributed by atoms with van der Waals surface area (Å²) in [5, 5.41) is 17.5. The largest absolute Gasteiger partial charge is 0.393 e. The van der Waals surface area contributed by atoms with Gasteiger partial charge in [0.25, 0.3) is 5.91 Å². The summed E-state index contributed by atoms with van der Waals surface area (Å²) in [5.41, 5.74) is 9.90. The molecule has 5 rings (SSSR count). The number of hydrogen-bond acceptors (Lipinski definition) is 8. The van der Waals surface area contributed by atoms with E-state index < -0.39 is 5.91 Å². The molecule has 0 unspecified atom stereocenters. The van der Waals surface area contributed by atoms with Crippen LogP contribution in [0.25, 0.3) is 21.0 Å². The Labute approximate surface area is 189 Å². The first-order valence-electron chi connectivity index (χ1n) is 10.8. The highest BCUT2D eigenvalue weighted by molar-refractivity contribution is 7.18. The number of ether oxygens (including phenoxy) is 1. The topological polar surface area (TPSA) is 121 Å². The number of H-pyrrole nitrogens is 1. The highest BCUT2D eigenvalue weighted by Gasteiger charge is 2.26. The number of amides is 1. The second kappa shape index (κ2) is 8.89. The van der Waals surface area contributed by atoms with Gasteiger partial charge in [-0.3, -0.25) is 9.89 Å². The number of aliphatic hydroxyl groups excluding tert-OH is 1. The Morgan fingerprint density at radius 1 is 1.19 bits per heavy atom. The Balaban J connectivity index is 1.60. The fraction of sp³-hybridized carbons (Fsp3) is 0.409. The van der Waals surface area contributed by atoms with Crippen LogP contribution in [0.4, 0.5) is 11.4 Å². The normalized spacial score (nSPS) is 17.7. The predicted octanol–water partition coefficient (Wildman–Crippen LogP) is 2.10. The first-order valence-corrected chi connectivity index (χ1v) is 11.6. The number of hydrogen-bond donors (Lipinski definition) is 3. The zero-order valence-electron chi connectivity index (χ0n) is 17.7. The molecule has 2 aliphatic rings. The van der Waals surface area contributed by atoms with E-state index in [4.69, 9.17) is 10.5 Å². The maximum absolute atomic E-state index is 12.3. The number of benzene rings is 1. The number of aliphatic hydroxyl groups is 1. The number of piperidine rings is 1. The van der Waals surface area contributed by atoms with E-state index in [1.807, 2.05) is 0 Å². The van der Waals surface area contributed by atoms with E-state index in [1.165, 1.54) is 11.3 Å². The van der Waals surface area contributed by atoms with Gasteiger partial charge in [-0.05, 0) is 31.0 Å². The number of morpholine rings is 1. The average molecular weight is 455 g/mol. The number of primary amides is 1. The van der Waals surface area contributed by atoms with E-state index in [-0.39, 0.29) is 11.8 Å². The second-order valence-corrected chi connectivity index (χ2v) is 9.07. The van der Waals surface area contributed by atoms with Gasteiger partial charge in [-0.15, -0.1) is 11.3 Å². The van der Waals surface area contributed by atoms with Crippen molar-refractivity contribution in [1.29, 1.82) is 0 Å². The standard InChI is InChI=1S/C22H26N6O3S/c23-21(30)19-20(32-22(26-19)14-12-24-25-13-14)17-2-1-15(27-7-9-31-10-8-27)11-18(17)28-5-3-16(29)4-6-28/h1-2,11-13,16,29H,3-10H2,(H2,23,30)(H,24,25). The van der Waals surface area contributed by atoms with Gasteiger partial charge in [0.05, 0.1) is 30.4 Å². The number of carbonyl (C=O) groups excluding carboxylic acids is 1. The summed E-state index contributed by atoms with van der Waals surface area (Å²) < 4.78 is 5.51. The Morgan fingerprint density at radius 3 is 2.66 bits per heavy atom. The number of nitrogens with one attached hydrogen (secondary N) is 1. The molecule has 0 saturated carbocycles. The lowest BCUT2D eigenvalue weighted by atomic mass is 10.0. The summed E-state index contributed by atoms with van der Waals surface area (Å²) in [6, 6.07) is 6.33. The summed E-state index contributed by atoms with van der Waals surface area (Å²) in [7, 11) is 0. The van der Waals surface area contributed by atoms with Crippen molar-refractivity contribution in [2.45, 2.75) is 18.9 Å². The van der Waals surface area contributed by atoms with Crippen molar-refractivity contribution in [2.24, 2.45) is 5.73 Å². The maximum Gasteiger partial charge on any atom is 0.268 e. The van der Waals surface area contributed by atoms with Crippen molar-refractivity contribution < 1.29 is 14.6 Å². The third-order valence-corrected chi connectivity index (χ3v) is 7.15. The molecule has 2 aromatic heterocycles. The molecule has 2 saturated heterocycles. The van der Waals surface area contributed by atoms with Gasteiger partial charge in [-0.25, -0.2) is 4.98 Å². The van der Waals surface area contributed by atoms with Crippen LogP contribution in [0.15, 0.2) is 30.6 Å². The molecule has 3 aromatic rings. The number of carbonyl (C=O) groups is 1. The van der Waals surface area contributed by atoms with Crippen LogP contribution < -0.4 is 15.5 Å². The van der Waals surface area contributed by atoms with E-state index in [0.29, 0.717) is 31.1 Å². The zero-order chi connectivity index (χ0) is 22.1. The quantitative estimate of drug-likeness (QED) is 0.540. The Bertz CT molecular complexity index is 1090. The molecule has 1 aromatic carbocycles. The molecule has 4 heterocycles. The van der Waals surface area contributed by atoms with Crippen LogP contribution in [0, 0.1) is 0 Å². The summed E-state index contributed by atoms with van der Waals surface area (Å²) >= 11 is 1.44. The van der Waals surface area contributed by atoms with Crippen molar-refractivity contribution in [2.75, 3.05) is 49.2 Å². The molecule has 168 valence electrons. The minimum absolute atomic E-state index is 0.267. The van der Waals surface area contributed by atoms with Crippen LogP contribution in [0.2, 0.25) is 0 Å². The summed E-state index contributed by atoms with van der Waals surface area (Å²) in [5.74, 6) is -0.553.